The van der Waals surface area contributed by atoms with Crippen LogP contribution in [0.1, 0.15) is 0 Å². The standard InChI is InChI=1S/C15H11NO2/c16-12-7-3-1-5-10(12)15-9-13(17)11-6-2-4-8-14(11)18-15/h1-9H,16H2. The monoisotopic (exact) mass is 237 g/mol. The van der Waals surface area contributed by atoms with Crippen molar-refractivity contribution in [2.24, 2.45) is 0 Å². The van der Waals surface area contributed by atoms with E-state index in [-0.39, 0.29) is 5.43 Å². The molecule has 0 unspecified atom stereocenters. The molecule has 0 atom stereocenters. The Morgan fingerprint density at radius 3 is 2.50 bits per heavy atom. The molecule has 0 aliphatic carbocycles. The van der Waals surface area contributed by atoms with Gasteiger partial charge in [0, 0.05) is 17.3 Å². The molecule has 0 aliphatic heterocycles. The first-order valence-corrected chi connectivity index (χ1v) is 5.63. The van der Waals surface area contributed by atoms with Gasteiger partial charge in [0.05, 0.1) is 5.39 Å². The van der Waals surface area contributed by atoms with Crippen LogP contribution in [0.4, 0.5) is 5.69 Å². The van der Waals surface area contributed by atoms with Crippen LogP contribution < -0.4 is 11.2 Å². The van der Waals surface area contributed by atoms with Gasteiger partial charge < -0.3 is 10.2 Å². The number of hydrogen-bond donors (Lipinski definition) is 1. The van der Waals surface area contributed by atoms with Crippen LogP contribution in [-0.2, 0) is 0 Å². The van der Waals surface area contributed by atoms with E-state index in [1.54, 1.807) is 18.2 Å². The zero-order valence-electron chi connectivity index (χ0n) is 9.59. The Morgan fingerprint density at radius 2 is 1.67 bits per heavy atom. The lowest BCUT2D eigenvalue weighted by atomic mass is 10.1. The second-order valence-corrected chi connectivity index (χ2v) is 4.06. The lowest BCUT2D eigenvalue weighted by molar-refractivity contribution is 0.619. The van der Waals surface area contributed by atoms with E-state index in [2.05, 4.69) is 0 Å². The SMILES string of the molecule is Nc1ccccc1-c1cc(=O)c2ccccc2o1. The molecule has 0 radical (unpaired) electrons. The fourth-order valence-corrected chi connectivity index (χ4v) is 1.96. The van der Waals surface area contributed by atoms with Gasteiger partial charge in [-0.3, -0.25) is 4.79 Å². The third-order valence-electron chi connectivity index (χ3n) is 2.86. The number of hydrogen-bond acceptors (Lipinski definition) is 3. The summed E-state index contributed by atoms with van der Waals surface area (Å²) >= 11 is 0. The van der Waals surface area contributed by atoms with Crippen molar-refractivity contribution in [3.05, 3.63) is 64.8 Å². The minimum atomic E-state index is -0.0601. The van der Waals surface area contributed by atoms with Gasteiger partial charge in [-0.25, -0.2) is 0 Å². The summed E-state index contributed by atoms with van der Waals surface area (Å²) in [7, 11) is 0. The molecule has 3 rings (SSSR count). The van der Waals surface area contributed by atoms with Gasteiger partial charge in [-0.1, -0.05) is 24.3 Å². The first-order chi connectivity index (χ1) is 8.75. The van der Waals surface area contributed by atoms with E-state index >= 15 is 0 Å². The average Bonchev–Trinajstić information content (AvgIpc) is 2.39. The highest BCUT2D eigenvalue weighted by Gasteiger charge is 2.08. The number of nitrogen functional groups attached to an aromatic ring is 1. The predicted molar refractivity (Wildman–Crippen MR) is 72.3 cm³/mol. The molecule has 0 fully saturated rings. The highest BCUT2D eigenvalue weighted by atomic mass is 16.3. The molecule has 0 bridgehead atoms. The van der Waals surface area contributed by atoms with Crippen LogP contribution in [0, 0.1) is 0 Å². The Balaban J connectivity index is 2.32. The Hall–Kier alpha value is -2.55. The highest BCUT2D eigenvalue weighted by molar-refractivity contribution is 5.80. The third kappa shape index (κ3) is 1.66. The normalized spacial score (nSPS) is 10.7. The average molecular weight is 237 g/mol. The summed E-state index contributed by atoms with van der Waals surface area (Å²) in [6.45, 7) is 0. The second-order valence-electron chi connectivity index (χ2n) is 4.06. The van der Waals surface area contributed by atoms with E-state index < -0.39 is 0 Å². The summed E-state index contributed by atoms with van der Waals surface area (Å²) in [6.07, 6.45) is 0. The fourth-order valence-electron chi connectivity index (χ4n) is 1.96. The molecule has 0 saturated heterocycles. The van der Waals surface area contributed by atoms with Crippen molar-refractivity contribution in [2.75, 3.05) is 5.73 Å². The van der Waals surface area contributed by atoms with E-state index in [1.165, 1.54) is 6.07 Å². The maximum Gasteiger partial charge on any atom is 0.193 e. The summed E-state index contributed by atoms with van der Waals surface area (Å²) in [5.41, 5.74) is 7.73. The molecule has 0 aliphatic rings. The largest absolute Gasteiger partial charge is 0.456 e. The van der Waals surface area contributed by atoms with Crippen LogP contribution in [0.25, 0.3) is 22.3 Å². The number of fused-ring (bicyclic) bond motifs is 1. The number of benzene rings is 2. The van der Waals surface area contributed by atoms with Crippen molar-refractivity contribution in [2.45, 2.75) is 0 Å². The molecule has 0 amide bonds. The molecular weight excluding hydrogens is 226 g/mol. The number of anilines is 1. The minimum absolute atomic E-state index is 0.0601. The van der Waals surface area contributed by atoms with Crippen molar-refractivity contribution in [1.82, 2.24) is 0 Å². The lowest BCUT2D eigenvalue weighted by Gasteiger charge is -2.05. The van der Waals surface area contributed by atoms with E-state index in [0.29, 0.717) is 22.4 Å². The van der Waals surface area contributed by atoms with Gasteiger partial charge in [-0.15, -0.1) is 0 Å². The van der Waals surface area contributed by atoms with Gasteiger partial charge in [-0.05, 0) is 24.3 Å². The quantitative estimate of drug-likeness (QED) is 0.662. The van der Waals surface area contributed by atoms with Crippen LogP contribution in [0.5, 0.6) is 0 Å². The molecule has 3 nitrogen and oxygen atoms in total. The molecule has 3 aromatic rings. The maximum atomic E-state index is 12.0. The second kappa shape index (κ2) is 4.04. The molecule has 18 heavy (non-hydrogen) atoms. The molecule has 2 aromatic carbocycles. The smallest absolute Gasteiger partial charge is 0.193 e. The summed E-state index contributed by atoms with van der Waals surface area (Å²) in [5, 5.41) is 0.579. The molecule has 0 saturated carbocycles. The Bertz CT molecular complexity index is 775. The van der Waals surface area contributed by atoms with Crippen LogP contribution in [0.3, 0.4) is 0 Å². The van der Waals surface area contributed by atoms with E-state index in [0.717, 1.165) is 5.56 Å². The number of para-hydroxylation sites is 2. The van der Waals surface area contributed by atoms with Crippen molar-refractivity contribution in [3.63, 3.8) is 0 Å². The number of nitrogens with two attached hydrogens (primary N) is 1. The van der Waals surface area contributed by atoms with E-state index in [1.807, 2.05) is 30.3 Å². The Kier molecular flexibility index (Phi) is 2.38. The minimum Gasteiger partial charge on any atom is -0.456 e. The summed E-state index contributed by atoms with van der Waals surface area (Å²) in [6, 6.07) is 16.0. The van der Waals surface area contributed by atoms with Crippen LogP contribution in [0.2, 0.25) is 0 Å². The first-order valence-electron chi connectivity index (χ1n) is 5.63. The Morgan fingerprint density at radius 1 is 0.944 bits per heavy atom. The van der Waals surface area contributed by atoms with Crippen LogP contribution in [-0.4, -0.2) is 0 Å². The van der Waals surface area contributed by atoms with Gasteiger partial charge in [0.2, 0.25) is 0 Å². The van der Waals surface area contributed by atoms with Crippen molar-refractivity contribution in [1.29, 1.82) is 0 Å². The fraction of sp³-hybridized carbons (Fsp3) is 0. The Labute approximate surface area is 103 Å². The number of rotatable bonds is 1. The van der Waals surface area contributed by atoms with Gasteiger partial charge >= 0.3 is 0 Å². The summed E-state index contributed by atoms with van der Waals surface area (Å²) in [4.78, 5) is 12.0. The van der Waals surface area contributed by atoms with Gasteiger partial charge in [-0.2, -0.15) is 0 Å². The van der Waals surface area contributed by atoms with E-state index in [4.69, 9.17) is 10.2 Å². The van der Waals surface area contributed by atoms with Gasteiger partial charge in [0.1, 0.15) is 11.3 Å². The summed E-state index contributed by atoms with van der Waals surface area (Å²) in [5.74, 6) is 0.497. The zero-order chi connectivity index (χ0) is 12.5. The molecule has 3 heteroatoms. The van der Waals surface area contributed by atoms with Crippen molar-refractivity contribution >= 4 is 16.7 Å². The van der Waals surface area contributed by atoms with Crippen molar-refractivity contribution in [3.8, 4) is 11.3 Å². The third-order valence-corrected chi connectivity index (χ3v) is 2.86. The topological polar surface area (TPSA) is 56.2 Å². The predicted octanol–water partition coefficient (Wildman–Crippen LogP) is 3.04. The zero-order valence-corrected chi connectivity index (χ0v) is 9.59. The molecule has 2 N–H and O–H groups in total. The molecule has 1 heterocycles. The first kappa shape index (κ1) is 10.6. The van der Waals surface area contributed by atoms with E-state index in [9.17, 15) is 4.79 Å². The van der Waals surface area contributed by atoms with Gasteiger partial charge in [0.25, 0.3) is 0 Å². The van der Waals surface area contributed by atoms with Crippen molar-refractivity contribution < 1.29 is 4.42 Å². The maximum absolute atomic E-state index is 12.0. The van der Waals surface area contributed by atoms with Crippen LogP contribution >= 0.6 is 0 Å². The summed E-state index contributed by atoms with van der Waals surface area (Å²) < 4.78 is 5.73. The van der Waals surface area contributed by atoms with Gasteiger partial charge in [0.15, 0.2) is 5.43 Å². The molecule has 1 aromatic heterocycles. The van der Waals surface area contributed by atoms with Crippen LogP contribution in [0.15, 0.2) is 63.8 Å². The molecular formula is C15H11NO2. The molecule has 0 spiro atoms. The lowest BCUT2D eigenvalue weighted by Crippen LogP contribution is -2.00. The molecule has 88 valence electrons. The highest BCUT2D eigenvalue weighted by Crippen LogP contribution is 2.26.